The summed E-state index contributed by atoms with van der Waals surface area (Å²) in [5, 5.41) is 0. The third kappa shape index (κ3) is 1.03. The molecule has 22 heavy (non-hydrogen) atoms. The van der Waals surface area contributed by atoms with Gasteiger partial charge in [-0.3, -0.25) is 9.69 Å². The Morgan fingerprint density at radius 1 is 1.36 bits per heavy atom. The number of benzene rings is 1. The fourth-order valence-electron chi connectivity index (χ4n) is 6.51. The molecule has 114 valence electrons. The summed E-state index contributed by atoms with van der Waals surface area (Å²) >= 11 is 0. The molecule has 3 nitrogen and oxygen atoms in total. The predicted octanol–water partition coefficient (Wildman–Crippen LogP) is 2.37. The van der Waals surface area contributed by atoms with Crippen LogP contribution in [0, 0.1) is 5.92 Å². The van der Waals surface area contributed by atoms with Crippen LogP contribution >= 0.6 is 0 Å². The Morgan fingerprint density at radius 3 is 3.00 bits per heavy atom. The molecule has 2 heterocycles. The molecule has 1 aromatic carbocycles. The summed E-state index contributed by atoms with van der Waals surface area (Å²) in [6, 6.07) is 9.10. The van der Waals surface area contributed by atoms with Crippen LogP contribution in [0.25, 0.3) is 0 Å². The number of nitrogens with zero attached hydrogens (tertiary/aromatic N) is 2. The number of rotatable bonds is 2. The van der Waals surface area contributed by atoms with Crippen molar-refractivity contribution < 1.29 is 4.79 Å². The van der Waals surface area contributed by atoms with Gasteiger partial charge >= 0.3 is 0 Å². The van der Waals surface area contributed by atoms with E-state index in [1.54, 1.807) is 0 Å². The molecule has 2 aliphatic carbocycles. The maximum atomic E-state index is 13.3. The molecule has 4 atom stereocenters. The van der Waals surface area contributed by atoms with E-state index in [-0.39, 0.29) is 16.9 Å². The number of likely N-dealkylation sites (tertiary alicyclic amines) is 1. The van der Waals surface area contributed by atoms with Crippen LogP contribution in [-0.2, 0) is 10.2 Å². The number of carbonyl (C=O) groups excluding carboxylic acids is 1. The third-order valence-electron chi connectivity index (χ3n) is 7.05. The van der Waals surface area contributed by atoms with Crippen LogP contribution in [0.2, 0.25) is 0 Å². The summed E-state index contributed by atoms with van der Waals surface area (Å²) < 4.78 is 0. The molecular weight excluding hydrogens is 272 g/mol. The van der Waals surface area contributed by atoms with E-state index in [1.165, 1.54) is 11.3 Å². The predicted molar refractivity (Wildman–Crippen MR) is 87.2 cm³/mol. The smallest absolute Gasteiger partial charge is 0.163 e. The molecule has 2 bridgehead atoms. The van der Waals surface area contributed by atoms with Crippen molar-refractivity contribution in [3.05, 3.63) is 42.5 Å². The van der Waals surface area contributed by atoms with E-state index in [0.717, 1.165) is 32.4 Å². The Morgan fingerprint density at radius 2 is 2.18 bits per heavy atom. The molecule has 5 rings (SSSR count). The Kier molecular flexibility index (Phi) is 2.24. The minimum atomic E-state index is -0.276. The van der Waals surface area contributed by atoms with Gasteiger partial charge in [-0.2, -0.15) is 0 Å². The Bertz CT molecular complexity index is 698. The minimum absolute atomic E-state index is 0.0152. The Hall–Kier alpha value is -1.61. The number of hydrogen-bond acceptors (Lipinski definition) is 3. The second-order valence-corrected chi connectivity index (χ2v) is 7.40. The summed E-state index contributed by atoms with van der Waals surface area (Å²) in [5.74, 6) is 0.725. The lowest BCUT2D eigenvalue weighted by Gasteiger charge is -2.45. The van der Waals surface area contributed by atoms with E-state index in [4.69, 9.17) is 0 Å². The van der Waals surface area contributed by atoms with E-state index >= 15 is 0 Å². The maximum Gasteiger partial charge on any atom is 0.163 e. The minimum Gasteiger partial charge on any atom is -0.361 e. The number of hydrogen-bond donors (Lipinski definition) is 0. The van der Waals surface area contributed by atoms with Crippen molar-refractivity contribution in [2.24, 2.45) is 5.92 Å². The van der Waals surface area contributed by atoms with E-state index in [2.05, 4.69) is 47.7 Å². The number of anilines is 1. The monoisotopic (exact) mass is 294 g/mol. The number of likely N-dealkylation sites (N-methyl/N-ethyl adjacent to an activating group) is 1. The summed E-state index contributed by atoms with van der Waals surface area (Å²) in [7, 11) is 2.15. The number of carbonyl (C=O) groups is 1. The zero-order valence-corrected chi connectivity index (χ0v) is 13.1. The van der Waals surface area contributed by atoms with E-state index in [0.29, 0.717) is 11.8 Å². The number of Topliss-reactive ketones (excluding diaryl/α,β-unsaturated/α-hetero) is 1. The summed E-state index contributed by atoms with van der Waals surface area (Å²) in [6.07, 6.45) is 5.18. The molecule has 0 N–H and O–H groups in total. The zero-order chi connectivity index (χ0) is 15.1. The van der Waals surface area contributed by atoms with E-state index in [9.17, 15) is 4.79 Å². The molecule has 0 amide bonds. The van der Waals surface area contributed by atoms with Crippen molar-refractivity contribution in [2.75, 3.05) is 25.0 Å². The summed E-state index contributed by atoms with van der Waals surface area (Å²) in [5.41, 5.74) is 2.44. The van der Waals surface area contributed by atoms with Crippen molar-refractivity contribution >= 4 is 11.5 Å². The second-order valence-electron chi connectivity index (χ2n) is 7.40. The molecule has 0 aromatic heterocycles. The van der Waals surface area contributed by atoms with Gasteiger partial charge in [0.25, 0.3) is 0 Å². The first-order valence-electron chi connectivity index (χ1n) is 8.41. The summed E-state index contributed by atoms with van der Waals surface area (Å²) in [6.45, 7) is 5.91. The molecular formula is C19H22N2O. The lowest BCUT2D eigenvalue weighted by Crippen LogP contribution is -2.59. The molecule has 2 spiro atoms. The number of fused-ring (bicyclic) bond motifs is 3. The molecule has 2 saturated carbocycles. The van der Waals surface area contributed by atoms with E-state index < -0.39 is 0 Å². The number of ketones is 1. The highest BCUT2D eigenvalue weighted by Gasteiger charge is 2.79. The largest absolute Gasteiger partial charge is 0.361 e. The quantitative estimate of drug-likeness (QED) is 0.782. The molecule has 4 aliphatic rings. The van der Waals surface area contributed by atoms with Crippen molar-refractivity contribution in [3.63, 3.8) is 0 Å². The zero-order valence-electron chi connectivity index (χ0n) is 13.1. The normalized spacial score (nSPS) is 41.7. The molecule has 1 saturated heterocycles. The van der Waals surface area contributed by atoms with Gasteiger partial charge in [0.15, 0.2) is 5.78 Å². The highest BCUT2D eigenvalue weighted by Crippen LogP contribution is 2.70. The van der Waals surface area contributed by atoms with Crippen LogP contribution in [0.15, 0.2) is 36.9 Å². The van der Waals surface area contributed by atoms with Gasteiger partial charge in [-0.1, -0.05) is 24.3 Å². The number of para-hydroxylation sites is 1. The highest BCUT2D eigenvalue weighted by molar-refractivity contribution is 6.04. The molecule has 3 fully saturated rings. The van der Waals surface area contributed by atoms with E-state index in [1.807, 2.05) is 6.08 Å². The molecule has 0 unspecified atom stereocenters. The Balaban J connectivity index is 1.79. The van der Waals surface area contributed by atoms with Crippen molar-refractivity contribution in [3.8, 4) is 0 Å². The van der Waals surface area contributed by atoms with Crippen LogP contribution in [0.3, 0.4) is 0 Å². The second kappa shape index (κ2) is 3.83. The fraction of sp³-hybridized carbons (Fsp3) is 0.526. The van der Waals surface area contributed by atoms with Crippen LogP contribution in [-0.4, -0.2) is 42.4 Å². The van der Waals surface area contributed by atoms with Crippen LogP contribution < -0.4 is 4.90 Å². The highest BCUT2D eigenvalue weighted by atomic mass is 16.1. The average Bonchev–Trinajstić information content (AvgIpc) is 3.19. The topological polar surface area (TPSA) is 23.6 Å². The first kappa shape index (κ1) is 12.9. The Labute approximate surface area is 131 Å². The lowest BCUT2D eigenvalue weighted by atomic mass is 9.63. The lowest BCUT2D eigenvalue weighted by molar-refractivity contribution is -0.123. The standard InChI is InChI=1S/C19H22N2O/c1-3-11-21-12-10-18-14-6-4-5-7-15(14)20(2)19(18)9-8-13(16(18)21)17(19)22/h3-7,13,16H,1,8-12H2,2H3/t13-,16+,18-,19+/m1/s1. The molecule has 0 radical (unpaired) electrons. The van der Waals surface area contributed by atoms with Gasteiger partial charge in [0.1, 0.15) is 5.54 Å². The van der Waals surface area contributed by atoms with Crippen LogP contribution in [0.5, 0.6) is 0 Å². The SMILES string of the molecule is C=CCN1CC[C@]23c4ccccc4N(C)[C@]24CC[C@@H](C4=O)[C@H]13. The van der Waals surface area contributed by atoms with Gasteiger partial charge < -0.3 is 4.90 Å². The van der Waals surface area contributed by atoms with Gasteiger partial charge in [-0.05, 0) is 37.4 Å². The average molecular weight is 294 g/mol. The third-order valence-corrected chi connectivity index (χ3v) is 7.05. The first-order chi connectivity index (χ1) is 10.7. The maximum absolute atomic E-state index is 13.3. The summed E-state index contributed by atoms with van der Waals surface area (Å²) in [4.78, 5) is 18.2. The molecule has 3 heteroatoms. The van der Waals surface area contributed by atoms with Gasteiger partial charge in [0.05, 0.1) is 0 Å². The van der Waals surface area contributed by atoms with Crippen molar-refractivity contribution in [1.82, 2.24) is 4.90 Å². The first-order valence-corrected chi connectivity index (χ1v) is 8.41. The van der Waals surface area contributed by atoms with Gasteiger partial charge in [0, 0.05) is 36.7 Å². The van der Waals surface area contributed by atoms with Gasteiger partial charge in [-0.15, -0.1) is 6.58 Å². The fourth-order valence-corrected chi connectivity index (χ4v) is 6.51. The van der Waals surface area contributed by atoms with Crippen LogP contribution in [0.4, 0.5) is 5.69 Å². The van der Waals surface area contributed by atoms with Gasteiger partial charge in [-0.25, -0.2) is 0 Å². The molecule has 1 aromatic rings. The van der Waals surface area contributed by atoms with Crippen LogP contribution in [0.1, 0.15) is 24.8 Å². The van der Waals surface area contributed by atoms with Crippen molar-refractivity contribution in [1.29, 1.82) is 0 Å². The van der Waals surface area contributed by atoms with Crippen molar-refractivity contribution in [2.45, 2.75) is 36.3 Å². The van der Waals surface area contributed by atoms with Gasteiger partial charge in [0.2, 0.25) is 0 Å². The molecule has 2 aliphatic heterocycles.